The smallest absolute Gasteiger partial charge is 0.335 e. The van der Waals surface area contributed by atoms with Gasteiger partial charge in [-0.05, 0) is 42.3 Å². The van der Waals surface area contributed by atoms with Crippen LogP contribution >= 0.6 is 0 Å². The third kappa shape index (κ3) is 3.04. The minimum atomic E-state index is -0.936. The van der Waals surface area contributed by atoms with Gasteiger partial charge in [0.1, 0.15) is 17.3 Å². The average Bonchev–Trinajstić information content (AvgIpc) is 3.06. The molecule has 0 aliphatic rings. The largest absolute Gasteiger partial charge is 0.497 e. The quantitative estimate of drug-likeness (QED) is 0.727. The van der Waals surface area contributed by atoms with Crippen LogP contribution in [0.25, 0.3) is 22.6 Å². The molecular weight excluding hydrogens is 304 g/mol. The van der Waals surface area contributed by atoms with Crippen molar-refractivity contribution >= 4 is 5.97 Å². The summed E-state index contributed by atoms with van der Waals surface area (Å²) >= 11 is 0. The fraction of sp³-hybridized carbons (Fsp3) is 0.150. The van der Waals surface area contributed by atoms with Crippen molar-refractivity contribution in [3.05, 3.63) is 65.7 Å². The Morgan fingerprint density at radius 1 is 1.08 bits per heavy atom. The van der Waals surface area contributed by atoms with E-state index in [9.17, 15) is 4.79 Å². The van der Waals surface area contributed by atoms with Crippen molar-refractivity contribution in [3.8, 4) is 28.4 Å². The maximum absolute atomic E-state index is 11.0. The molecule has 0 amide bonds. The van der Waals surface area contributed by atoms with Crippen LogP contribution in [0.1, 0.15) is 22.8 Å². The van der Waals surface area contributed by atoms with E-state index in [1.54, 1.807) is 31.4 Å². The van der Waals surface area contributed by atoms with Gasteiger partial charge in [0.2, 0.25) is 0 Å². The van der Waals surface area contributed by atoms with E-state index in [1.165, 1.54) is 0 Å². The number of rotatable bonds is 5. The highest BCUT2D eigenvalue weighted by molar-refractivity contribution is 5.88. The minimum absolute atomic E-state index is 0.261. The molecular formula is C20H18O4. The van der Waals surface area contributed by atoms with Gasteiger partial charge in [0.15, 0.2) is 0 Å². The van der Waals surface area contributed by atoms with Gasteiger partial charge in [-0.25, -0.2) is 4.79 Å². The molecule has 1 N–H and O–H groups in total. The van der Waals surface area contributed by atoms with E-state index < -0.39 is 5.97 Å². The Morgan fingerprint density at radius 2 is 1.83 bits per heavy atom. The molecule has 24 heavy (non-hydrogen) atoms. The van der Waals surface area contributed by atoms with E-state index in [0.29, 0.717) is 0 Å². The molecule has 0 spiro atoms. The van der Waals surface area contributed by atoms with Gasteiger partial charge in [-0.1, -0.05) is 31.2 Å². The van der Waals surface area contributed by atoms with Crippen molar-refractivity contribution in [3.63, 3.8) is 0 Å². The summed E-state index contributed by atoms with van der Waals surface area (Å²) in [6.45, 7) is 2.06. The summed E-state index contributed by atoms with van der Waals surface area (Å²) in [4.78, 5) is 11.0. The number of aromatic carboxylic acids is 1. The van der Waals surface area contributed by atoms with Gasteiger partial charge in [-0.3, -0.25) is 0 Å². The SMILES string of the molecule is CCc1cc(-c2cccc(OC)c2)oc1-c1ccc(C(=O)O)cc1. The van der Waals surface area contributed by atoms with Crippen molar-refractivity contribution in [1.82, 2.24) is 0 Å². The second kappa shape index (κ2) is 6.62. The first-order valence-electron chi connectivity index (χ1n) is 7.73. The van der Waals surface area contributed by atoms with Crippen molar-refractivity contribution < 1.29 is 19.1 Å². The molecule has 3 aromatic rings. The standard InChI is InChI=1S/C20H18O4/c1-3-13-12-18(16-5-4-6-17(11-16)23-2)24-19(13)14-7-9-15(10-8-14)20(21)22/h4-12H,3H2,1-2H3,(H,21,22). The van der Waals surface area contributed by atoms with E-state index in [0.717, 1.165) is 40.4 Å². The topological polar surface area (TPSA) is 59.7 Å². The van der Waals surface area contributed by atoms with Crippen LogP contribution < -0.4 is 4.74 Å². The van der Waals surface area contributed by atoms with Crippen LogP contribution in [0.2, 0.25) is 0 Å². The van der Waals surface area contributed by atoms with Gasteiger partial charge >= 0.3 is 5.97 Å². The lowest BCUT2D eigenvalue weighted by Gasteiger charge is -2.03. The van der Waals surface area contributed by atoms with Crippen molar-refractivity contribution in [1.29, 1.82) is 0 Å². The Labute approximate surface area is 140 Å². The highest BCUT2D eigenvalue weighted by atomic mass is 16.5. The minimum Gasteiger partial charge on any atom is -0.497 e. The number of methoxy groups -OCH3 is 1. The molecule has 0 atom stereocenters. The predicted octanol–water partition coefficient (Wildman–Crippen LogP) is 4.88. The zero-order valence-corrected chi connectivity index (χ0v) is 13.6. The first-order valence-corrected chi connectivity index (χ1v) is 7.73. The normalized spacial score (nSPS) is 10.6. The van der Waals surface area contributed by atoms with Crippen LogP contribution in [-0.2, 0) is 6.42 Å². The molecule has 0 aliphatic heterocycles. The Hall–Kier alpha value is -3.01. The Balaban J connectivity index is 2.02. The number of carbonyl (C=O) groups is 1. The van der Waals surface area contributed by atoms with E-state index in [1.807, 2.05) is 30.3 Å². The molecule has 4 heteroatoms. The van der Waals surface area contributed by atoms with Gasteiger partial charge in [-0.15, -0.1) is 0 Å². The van der Waals surface area contributed by atoms with Crippen LogP contribution in [0.15, 0.2) is 59.0 Å². The lowest BCUT2D eigenvalue weighted by atomic mass is 10.0. The average molecular weight is 322 g/mol. The summed E-state index contributed by atoms with van der Waals surface area (Å²) in [6.07, 6.45) is 0.823. The number of aryl methyl sites for hydroxylation is 1. The van der Waals surface area contributed by atoms with Crippen molar-refractivity contribution in [2.75, 3.05) is 7.11 Å². The second-order valence-electron chi connectivity index (χ2n) is 5.43. The van der Waals surface area contributed by atoms with Crippen LogP contribution in [0.5, 0.6) is 5.75 Å². The molecule has 0 bridgehead atoms. The number of hydrogen-bond donors (Lipinski definition) is 1. The van der Waals surface area contributed by atoms with E-state index in [4.69, 9.17) is 14.3 Å². The molecule has 3 rings (SSSR count). The fourth-order valence-corrected chi connectivity index (χ4v) is 2.62. The van der Waals surface area contributed by atoms with Crippen LogP contribution in [0, 0.1) is 0 Å². The van der Waals surface area contributed by atoms with Crippen LogP contribution in [0.3, 0.4) is 0 Å². The summed E-state index contributed by atoms with van der Waals surface area (Å²) in [7, 11) is 1.63. The zero-order chi connectivity index (χ0) is 17.1. The molecule has 1 aromatic heterocycles. The summed E-state index contributed by atoms with van der Waals surface area (Å²) in [5.41, 5.74) is 3.15. The number of hydrogen-bond acceptors (Lipinski definition) is 3. The summed E-state index contributed by atoms with van der Waals surface area (Å²) < 4.78 is 11.3. The van der Waals surface area contributed by atoms with E-state index in [2.05, 4.69) is 6.92 Å². The van der Waals surface area contributed by atoms with Gasteiger partial charge in [0.25, 0.3) is 0 Å². The molecule has 2 aromatic carbocycles. The van der Waals surface area contributed by atoms with Crippen molar-refractivity contribution in [2.24, 2.45) is 0 Å². The molecule has 1 heterocycles. The molecule has 122 valence electrons. The number of benzene rings is 2. The summed E-state index contributed by atoms with van der Waals surface area (Å²) in [5.74, 6) is 1.37. The maximum atomic E-state index is 11.0. The Morgan fingerprint density at radius 3 is 2.46 bits per heavy atom. The van der Waals surface area contributed by atoms with E-state index in [-0.39, 0.29) is 5.56 Å². The van der Waals surface area contributed by atoms with Gasteiger partial charge in [0.05, 0.1) is 12.7 Å². The number of carboxylic acid groups (broad SMARTS) is 1. The highest BCUT2D eigenvalue weighted by Gasteiger charge is 2.14. The lowest BCUT2D eigenvalue weighted by Crippen LogP contribution is -1.95. The Bertz CT molecular complexity index is 860. The zero-order valence-electron chi connectivity index (χ0n) is 13.6. The first-order chi connectivity index (χ1) is 11.6. The predicted molar refractivity (Wildman–Crippen MR) is 92.5 cm³/mol. The first kappa shape index (κ1) is 15.9. The maximum Gasteiger partial charge on any atom is 0.335 e. The third-order valence-corrected chi connectivity index (χ3v) is 3.94. The van der Waals surface area contributed by atoms with Crippen molar-refractivity contribution in [2.45, 2.75) is 13.3 Å². The second-order valence-corrected chi connectivity index (χ2v) is 5.43. The molecule has 0 unspecified atom stereocenters. The van der Waals surface area contributed by atoms with Crippen LogP contribution in [0.4, 0.5) is 0 Å². The number of ether oxygens (including phenoxy) is 1. The highest BCUT2D eigenvalue weighted by Crippen LogP contribution is 2.34. The molecule has 4 nitrogen and oxygen atoms in total. The lowest BCUT2D eigenvalue weighted by molar-refractivity contribution is 0.0697. The Kier molecular flexibility index (Phi) is 4.38. The van der Waals surface area contributed by atoms with Crippen LogP contribution in [-0.4, -0.2) is 18.2 Å². The molecule has 0 fully saturated rings. The van der Waals surface area contributed by atoms with E-state index >= 15 is 0 Å². The summed E-state index contributed by atoms with van der Waals surface area (Å²) in [6, 6.07) is 16.5. The molecule has 0 saturated heterocycles. The third-order valence-electron chi connectivity index (χ3n) is 3.94. The summed E-state index contributed by atoms with van der Waals surface area (Å²) in [5, 5.41) is 9.01. The monoisotopic (exact) mass is 322 g/mol. The number of furan rings is 1. The van der Waals surface area contributed by atoms with Gasteiger partial charge < -0.3 is 14.3 Å². The number of carboxylic acids is 1. The van der Waals surface area contributed by atoms with Gasteiger partial charge in [-0.2, -0.15) is 0 Å². The molecule has 0 radical (unpaired) electrons. The molecule has 0 aliphatic carbocycles. The van der Waals surface area contributed by atoms with Gasteiger partial charge in [0, 0.05) is 11.1 Å². The molecule has 0 saturated carbocycles. The fourth-order valence-electron chi connectivity index (χ4n) is 2.62.